The van der Waals surface area contributed by atoms with Crippen molar-refractivity contribution in [3.8, 4) is 0 Å². The number of ether oxygens (including phenoxy) is 1. The smallest absolute Gasteiger partial charge is 0.410 e. The lowest BCUT2D eigenvalue weighted by Gasteiger charge is -2.36. The van der Waals surface area contributed by atoms with E-state index in [9.17, 15) is 9.59 Å². The van der Waals surface area contributed by atoms with Crippen molar-refractivity contribution in [3.05, 3.63) is 35.4 Å². The van der Waals surface area contributed by atoms with E-state index in [2.05, 4.69) is 10.3 Å². The van der Waals surface area contributed by atoms with Gasteiger partial charge in [0.1, 0.15) is 5.60 Å². The van der Waals surface area contributed by atoms with Crippen molar-refractivity contribution in [1.82, 2.24) is 15.1 Å². The topological polar surface area (TPSA) is 100 Å². The Bertz CT molecular complexity index is 734. The minimum atomic E-state index is -0.503. The van der Waals surface area contributed by atoms with Crippen LogP contribution in [-0.4, -0.2) is 66.1 Å². The molecule has 0 saturated carbocycles. The largest absolute Gasteiger partial charge is 0.444 e. The molecule has 0 spiro atoms. The number of guanidine groups is 1. The van der Waals surface area contributed by atoms with Gasteiger partial charge in [-0.3, -0.25) is 4.79 Å². The Morgan fingerprint density at radius 3 is 2.45 bits per heavy atom. The molecule has 1 aromatic rings. The number of aliphatic imine (C=N–C) groups is 1. The van der Waals surface area contributed by atoms with E-state index in [0.717, 1.165) is 12.0 Å². The average molecular weight is 404 g/mol. The number of hydrogen-bond donors (Lipinski definition) is 2. The number of nitrogens with two attached hydrogens (primary N) is 1. The third-order valence-corrected chi connectivity index (χ3v) is 4.40. The van der Waals surface area contributed by atoms with Gasteiger partial charge in [0.05, 0.1) is 6.54 Å². The van der Waals surface area contributed by atoms with Crippen LogP contribution in [0.4, 0.5) is 4.79 Å². The van der Waals surface area contributed by atoms with Crippen molar-refractivity contribution in [2.24, 2.45) is 10.7 Å². The zero-order chi connectivity index (χ0) is 21.4. The van der Waals surface area contributed by atoms with Gasteiger partial charge in [0, 0.05) is 38.3 Å². The number of hydrogen-bond acceptors (Lipinski definition) is 4. The second-order valence-corrected chi connectivity index (χ2v) is 8.09. The highest BCUT2D eigenvalue weighted by Gasteiger charge is 2.26. The monoisotopic (exact) mass is 403 g/mol. The normalized spacial score (nSPS) is 15.2. The van der Waals surface area contributed by atoms with Gasteiger partial charge in [0.25, 0.3) is 5.91 Å². The van der Waals surface area contributed by atoms with Crippen LogP contribution in [0.2, 0.25) is 0 Å². The summed E-state index contributed by atoms with van der Waals surface area (Å²) in [5, 5.41) is 2.87. The van der Waals surface area contributed by atoms with Crippen molar-refractivity contribution in [2.45, 2.75) is 46.3 Å². The van der Waals surface area contributed by atoms with Gasteiger partial charge in [-0.1, -0.05) is 19.1 Å². The fourth-order valence-corrected chi connectivity index (χ4v) is 2.87. The lowest BCUT2D eigenvalue weighted by atomic mass is 10.1. The third kappa shape index (κ3) is 7.29. The summed E-state index contributed by atoms with van der Waals surface area (Å²) in [6.07, 6.45) is 0.596. The summed E-state index contributed by atoms with van der Waals surface area (Å²) >= 11 is 0. The highest BCUT2D eigenvalue weighted by molar-refractivity contribution is 5.94. The van der Waals surface area contributed by atoms with Crippen molar-refractivity contribution >= 4 is 18.0 Å². The second kappa shape index (κ2) is 10.1. The molecule has 1 fully saturated rings. The molecule has 160 valence electrons. The van der Waals surface area contributed by atoms with Crippen molar-refractivity contribution < 1.29 is 14.3 Å². The standard InChI is InChI=1S/C21H33N5O3/c1-5-9-23-18(27)17-8-6-7-16(14-17)15-24-19(22)25-10-12-26(13-11-25)20(28)29-21(2,3)4/h6-8,14H,5,9-13,15H2,1-4H3,(H2,22,24)(H,23,27). The molecule has 1 saturated heterocycles. The van der Waals surface area contributed by atoms with E-state index in [0.29, 0.717) is 50.8 Å². The SMILES string of the molecule is CCCNC(=O)c1cccc(CN=C(N)N2CCN(C(=O)OC(C)(C)C)CC2)c1. The molecule has 3 N–H and O–H groups in total. The van der Waals surface area contributed by atoms with Gasteiger partial charge in [0.15, 0.2) is 5.96 Å². The molecule has 1 aromatic carbocycles. The first-order valence-electron chi connectivity index (χ1n) is 10.1. The van der Waals surface area contributed by atoms with Gasteiger partial charge in [-0.05, 0) is 44.9 Å². The van der Waals surface area contributed by atoms with Crippen LogP contribution in [0.5, 0.6) is 0 Å². The summed E-state index contributed by atoms with van der Waals surface area (Å²) < 4.78 is 5.41. The Balaban J connectivity index is 1.88. The summed E-state index contributed by atoms with van der Waals surface area (Å²) in [5.74, 6) is 0.360. The van der Waals surface area contributed by atoms with Crippen LogP contribution in [0.3, 0.4) is 0 Å². The van der Waals surface area contributed by atoms with Gasteiger partial charge in [-0.2, -0.15) is 0 Å². The summed E-state index contributed by atoms with van der Waals surface area (Å²) in [4.78, 5) is 32.3. The predicted octanol–water partition coefficient (Wildman–Crippen LogP) is 2.19. The molecular formula is C21H33N5O3. The molecule has 0 atom stereocenters. The summed E-state index contributed by atoms with van der Waals surface area (Å²) in [6.45, 7) is 10.9. The van der Waals surface area contributed by atoms with Gasteiger partial charge >= 0.3 is 6.09 Å². The molecule has 29 heavy (non-hydrogen) atoms. The number of benzene rings is 1. The molecule has 0 aliphatic carbocycles. The van der Waals surface area contributed by atoms with E-state index in [-0.39, 0.29) is 12.0 Å². The summed E-state index contributed by atoms with van der Waals surface area (Å²) in [7, 11) is 0. The Morgan fingerprint density at radius 2 is 1.83 bits per heavy atom. The minimum Gasteiger partial charge on any atom is -0.444 e. The van der Waals surface area contributed by atoms with E-state index in [4.69, 9.17) is 10.5 Å². The molecular weight excluding hydrogens is 370 g/mol. The van der Waals surface area contributed by atoms with Gasteiger partial charge < -0.3 is 25.6 Å². The Labute approximate surface area is 173 Å². The molecule has 8 heteroatoms. The second-order valence-electron chi connectivity index (χ2n) is 8.09. The molecule has 1 aliphatic heterocycles. The van der Waals surface area contributed by atoms with Crippen LogP contribution in [0.1, 0.15) is 50.0 Å². The van der Waals surface area contributed by atoms with Gasteiger partial charge in [-0.25, -0.2) is 9.79 Å². The molecule has 0 unspecified atom stereocenters. The van der Waals surface area contributed by atoms with E-state index in [1.165, 1.54) is 0 Å². The van der Waals surface area contributed by atoms with E-state index < -0.39 is 5.60 Å². The Hall–Kier alpha value is -2.77. The van der Waals surface area contributed by atoms with E-state index in [1.807, 2.05) is 50.8 Å². The highest BCUT2D eigenvalue weighted by atomic mass is 16.6. The van der Waals surface area contributed by atoms with Gasteiger partial charge in [-0.15, -0.1) is 0 Å². The minimum absolute atomic E-state index is 0.0797. The summed E-state index contributed by atoms with van der Waals surface area (Å²) in [5.41, 5.74) is 7.18. The van der Waals surface area contributed by atoms with Gasteiger partial charge in [0.2, 0.25) is 0 Å². The molecule has 0 radical (unpaired) electrons. The number of rotatable bonds is 5. The first kappa shape index (κ1) is 22.5. The number of nitrogens with one attached hydrogen (secondary N) is 1. The zero-order valence-corrected chi connectivity index (χ0v) is 17.9. The van der Waals surface area contributed by atoms with Crippen LogP contribution in [0.25, 0.3) is 0 Å². The lowest BCUT2D eigenvalue weighted by Crippen LogP contribution is -2.53. The number of carbonyl (C=O) groups excluding carboxylic acids is 2. The van der Waals surface area contributed by atoms with Crippen LogP contribution in [0.15, 0.2) is 29.3 Å². The van der Waals surface area contributed by atoms with Crippen LogP contribution < -0.4 is 11.1 Å². The summed E-state index contributed by atoms with van der Waals surface area (Å²) in [6, 6.07) is 7.40. The van der Waals surface area contributed by atoms with Crippen molar-refractivity contribution in [3.63, 3.8) is 0 Å². The van der Waals surface area contributed by atoms with Crippen LogP contribution in [0, 0.1) is 0 Å². The maximum absolute atomic E-state index is 12.1. The number of nitrogens with zero attached hydrogens (tertiary/aromatic N) is 3. The quantitative estimate of drug-likeness (QED) is 0.580. The molecule has 1 heterocycles. The average Bonchev–Trinajstić information content (AvgIpc) is 2.69. The fourth-order valence-electron chi connectivity index (χ4n) is 2.87. The van der Waals surface area contributed by atoms with Crippen LogP contribution in [-0.2, 0) is 11.3 Å². The first-order chi connectivity index (χ1) is 13.7. The zero-order valence-electron chi connectivity index (χ0n) is 17.9. The van der Waals surface area contributed by atoms with Crippen molar-refractivity contribution in [2.75, 3.05) is 32.7 Å². The maximum atomic E-state index is 12.1. The number of carbonyl (C=O) groups is 2. The molecule has 0 aromatic heterocycles. The molecule has 2 rings (SSSR count). The number of amides is 2. The van der Waals surface area contributed by atoms with Crippen molar-refractivity contribution in [1.29, 1.82) is 0 Å². The molecule has 2 amide bonds. The maximum Gasteiger partial charge on any atom is 0.410 e. The van der Waals surface area contributed by atoms with E-state index >= 15 is 0 Å². The Morgan fingerprint density at radius 1 is 1.17 bits per heavy atom. The third-order valence-electron chi connectivity index (χ3n) is 4.40. The number of piperazine rings is 1. The molecule has 1 aliphatic rings. The van der Waals surface area contributed by atoms with E-state index in [1.54, 1.807) is 11.0 Å². The lowest BCUT2D eigenvalue weighted by molar-refractivity contribution is 0.0186. The highest BCUT2D eigenvalue weighted by Crippen LogP contribution is 2.12. The first-order valence-corrected chi connectivity index (χ1v) is 10.1. The predicted molar refractivity (Wildman–Crippen MR) is 114 cm³/mol. The Kier molecular flexibility index (Phi) is 7.87. The van der Waals surface area contributed by atoms with Crippen LogP contribution >= 0.6 is 0 Å². The molecule has 0 bridgehead atoms. The molecule has 8 nitrogen and oxygen atoms in total. The fraction of sp³-hybridized carbons (Fsp3) is 0.571.